The summed E-state index contributed by atoms with van der Waals surface area (Å²) >= 11 is 0. The number of hydrogen-bond acceptors (Lipinski definition) is 2. The summed E-state index contributed by atoms with van der Waals surface area (Å²) in [5.41, 5.74) is 14.4. The third-order valence-corrected chi connectivity index (χ3v) is 11.4. The molecular weight excluding hydrogens is 703 g/mol. The fourth-order valence-electron chi connectivity index (χ4n) is 8.57. The summed E-state index contributed by atoms with van der Waals surface area (Å²) in [4.78, 5) is 2.35. The van der Waals surface area contributed by atoms with Gasteiger partial charge < -0.3 is 9.32 Å². The average molecular weight is 740 g/mol. The number of furan rings is 1. The van der Waals surface area contributed by atoms with Crippen molar-refractivity contribution in [3.63, 3.8) is 0 Å². The number of para-hydroxylation sites is 1. The highest BCUT2D eigenvalue weighted by Gasteiger charge is 2.19. The van der Waals surface area contributed by atoms with Gasteiger partial charge in [-0.3, -0.25) is 0 Å². The Morgan fingerprint density at radius 1 is 0.259 bits per heavy atom. The van der Waals surface area contributed by atoms with Gasteiger partial charge in [0.1, 0.15) is 11.2 Å². The summed E-state index contributed by atoms with van der Waals surface area (Å²) in [6.45, 7) is 0. The second-order valence-electron chi connectivity index (χ2n) is 14.9. The van der Waals surface area contributed by atoms with E-state index in [-0.39, 0.29) is 0 Å². The Morgan fingerprint density at radius 3 is 1.53 bits per heavy atom. The highest BCUT2D eigenvalue weighted by atomic mass is 16.3. The van der Waals surface area contributed by atoms with E-state index >= 15 is 0 Å². The molecule has 1 aromatic heterocycles. The van der Waals surface area contributed by atoms with E-state index in [4.69, 9.17) is 4.42 Å². The normalized spacial score (nSPS) is 11.4. The first kappa shape index (κ1) is 33.6. The largest absolute Gasteiger partial charge is 0.455 e. The first-order valence-electron chi connectivity index (χ1n) is 19.8. The molecule has 0 unspecified atom stereocenters. The van der Waals surface area contributed by atoms with E-state index in [1.165, 1.54) is 49.5 Å². The van der Waals surface area contributed by atoms with Gasteiger partial charge >= 0.3 is 0 Å². The zero-order chi connectivity index (χ0) is 38.4. The molecule has 0 saturated heterocycles. The Balaban J connectivity index is 1.01. The molecule has 58 heavy (non-hydrogen) atoms. The molecule has 2 nitrogen and oxygen atoms in total. The van der Waals surface area contributed by atoms with Crippen molar-refractivity contribution >= 4 is 60.5 Å². The van der Waals surface area contributed by atoms with Crippen molar-refractivity contribution in [3.8, 4) is 44.5 Å². The predicted molar refractivity (Wildman–Crippen MR) is 245 cm³/mol. The van der Waals surface area contributed by atoms with Gasteiger partial charge in [0.15, 0.2) is 0 Å². The maximum Gasteiger partial charge on any atom is 0.143 e. The van der Waals surface area contributed by atoms with Gasteiger partial charge in [0.2, 0.25) is 0 Å². The molecular formula is C56H37NO. The summed E-state index contributed by atoms with van der Waals surface area (Å²) < 4.78 is 6.87. The molecule has 0 fully saturated rings. The van der Waals surface area contributed by atoms with Crippen molar-refractivity contribution in [2.24, 2.45) is 0 Å². The maximum atomic E-state index is 6.87. The number of hydrogen-bond donors (Lipinski definition) is 0. The summed E-state index contributed by atoms with van der Waals surface area (Å²) in [5, 5.41) is 7.04. The van der Waals surface area contributed by atoms with Gasteiger partial charge in [-0.25, -0.2) is 0 Å². The van der Waals surface area contributed by atoms with Crippen LogP contribution >= 0.6 is 0 Å². The summed E-state index contributed by atoms with van der Waals surface area (Å²) in [5.74, 6) is 0. The van der Waals surface area contributed by atoms with Crippen LogP contribution in [-0.2, 0) is 0 Å². The lowest BCUT2D eigenvalue weighted by molar-refractivity contribution is 0.674. The van der Waals surface area contributed by atoms with E-state index in [9.17, 15) is 0 Å². The molecule has 2 heteroatoms. The topological polar surface area (TPSA) is 16.4 Å². The van der Waals surface area contributed by atoms with E-state index in [1.807, 2.05) is 0 Å². The van der Waals surface area contributed by atoms with Crippen LogP contribution < -0.4 is 4.90 Å². The van der Waals surface area contributed by atoms with E-state index in [0.717, 1.165) is 55.5 Å². The minimum absolute atomic E-state index is 0.900. The third-order valence-electron chi connectivity index (χ3n) is 11.4. The first-order valence-corrected chi connectivity index (χ1v) is 19.8. The molecule has 0 N–H and O–H groups in total. The number of benzene rings is 10. The van der Waals surface area contributed by atoms with Gasteiger partial charge in [-0.15, -0.1) is 0 Å². The van der Waals surface area contributed by atoms with Gasteiger partial charge in [0.05, 0.1) is 0 Å². The molecule has 0 aliphatic carbocycles. The van der Waals surface area contributed by atoms with Crippen LogP contribution in [0.25, 0.3) is 88.0 Å². The molecule has 1 heterocycles. The highest BCUT2D eigenvalue weighted by Crippen LogP contribution is 2.44. The second kappa shape index (κ2) is 14.1. The Kier molecular flexibility index (Phi) is 8.19. The molecule has 0 aliphatic heterocycles. The molecule has 0 amide bonds. The summed E-state index contributed by atoms with van der Waals surface area (Å²) in [6.07, 6.45) is 0. The smallest absolute Gasteiger partial charge is 0.143 e. The SMILES string of the molecule is c1ccc(-c2cccc(N(c3ccc(-c4ccc5ccccc5c4)cc3)c3ccc(-c4cccc5c4oc4c6ccccc6c(-c6ccccc6)cc54)cc3)c2)cc1. The van der Waals surface area contributed by atoms with Crippen LogP contribution in [0.3, 0.4) is 0 Å². The molecule has 0 spiro atoms. The average Bonchev–Trinajstić information content (AvgIpc) is 3.69. The van der Waals surface area contributed by atoms with Crippen LogP contribution in [0.4, 0.5) is 17.1 Å². The zero-order valence-electron chi connectivity index (χ0n) is 31.7. The number of fused-ring (bicyclic) bond motifs is 6. The van der Waals surface area contributed by atoms with Crippen LogP contribution in [-0.4, -0.2) is 0 Å². The quantitative estimate of drug-likeness (QED) is 0.162. The second-order valence-corrected chi connectivity index (χ2v) is 14.9. The van der Waals surface area contributed by atoms with Crippen molar-refractivity contribution in [3.05, 3.63) is 224 Å². The molecule has 0 radical (unpaired) electrons. The van der Waals surface area contributed by atoms with Gasteiger partial charge in [-0.2, -0.15) is 0 Å². The van der Waals surface area contributed by atoms with Crippen molar-refractivity contribution in [2.75, 3.05) is 4.90 Å². The standard InChI is InChI=1S/C56H37NO/c1-3-13-38(14-4-1)44-19-11-20-48(36-44)57(46-31-27-40(28-32-46)45-26-25-39-15-7-8-18-43(39)35-45)47-33-29-42(30-34-47)49-23-12-24-52-54-37-53(41-16-5-2-6-17-41)50-21-9-10-22-51(50)56(54)58-55(49)52/h1-37H. The van der Waals surface area contributed by atoms with Crippen LogP contribution in [0.1, 0.15) is 0 Å². The van der Waals surface area contributed by atoms with Crippen molar-refractivity contribution in [1.82, 2.24) is 0 Å². The van der Waals surface area contributed by atoms with E-state index < -0.39 is 0 Å². The maximum absolute atomic E-state index is 6.87. The Labute approximate surface area is 337 Å². The summed E-state index contributed by atoms with van der Waals surface area (Å²) in [7, 11) is 0. The lowest BCUT2D eigenvalue weighted by Gasteiger charge is -2.26. The van der Waals surface area contributed by atoms with Crippen molar-refractivity contribution < 1.29 is 4.42 Å². The predicted octanol–water partition coefficient (Wildman–Crippen LogP) is 16.0. The van der Waals surface area contributed by atoms with Crippen molar-refractivity contribution in [2.45, 2.75) is 0 Å². The summed E-state index contributed by atoms with van der Waals surface area (Å²) in [6, 6.07) is 80.5. The Bertz CT molecular complexity index is 3250. The van der Waals surface area contributed by atoms with Crippen molar-refractivity contribution in [1.29, 1.82) is 0 Å². The van der Waals surface area contributed by atoms with Gasteiger partial charge in [-0.05, 0) is 104 Å². The van der Waals surface area contributed by atoms with Crippen LogP contribution in [0.5, 0.6) is 0 Å². The zero-order valence-corrected chi connectivity index (χ0v) is 31.7. The molecule has 11 aromatic rings. The lowest BCUT2D eigenvalue weighted by atomic mass is 9.95. The van der Waals surface area contributed by atoms with E-state index in [2.05, 4.69) is 229 Å². The minimum Gasteiger partial charge on any atom is -0.455 e. The third kappa shape index (κ3) is 5.91. The lowest BCUT2D eigenvalue weighted by Crippen LogP contribution is -2.10. The van der Waals surface area contributed by atoms with E-state index in [0.29, 0.717) is 0 Å². The minimum atomic E-state index is 0.900. The number of anilines is 3. The van der Waals surface area contributed by atoms with Crippen LogP contribution in [0.15, 0.2) is 229 Å². The molecule has 0 bridgehead atoms. The molecule has 10 aromatic carbocycles. The highest BCUT2D eigenvalue weighted by molar-refractivity contribution is 6.20. The fraction of sp³-hybridized carbons (Fsp3) is 0. The molecule has 272 valence electrons. The molecule has 0 saturated carbocycles. The van der Waals surface area contributed by atoms with Crippen LogP contribution in [0.2, 0.25) is 0 Å². The molecule has 11 rings (SSSR count). The van der Waals surface area contributed by atoms with Crippen LogP contribution in [0, 0.1) is 0 Å². The number of nitrogens with zero attached hydrogens (tertiary/aromatic N) is 1. The number of rotatable bonds is 7. The first-order chi connectivity index (χ1) is 28.7. The van der Waals surface area contributed by atoms with Gasteiger partial charge in [-0.1, -0.05) is 176 Å². The van der Waals surface area contributed by atoms with E-state index in [1.54, 1.807) is 0 Å². The monoisotopic (exact) mass is 739 g/mol. The fourth-order valence-corrected chi connectivity index (χ4v) is 8.57. The Morgan fingerprint density at radius 2 is 0.776 bits per heavy atom. The Hall–Kier alpha value is -7.68. The molecule has 0 atom stereocenters. The van der Waals surface area contributed by atoms with Gasteiger partial charge in [0.25, 0.3) is 0 Å². The van der Waals surface area contributed by atoms with Gasteiger partial charge in [0, 0.05) is 38.8 Å². The molecule has 0 aliphatic rings.